The average Bonchev–Trinajstić information content (AvgIpc) is 2.67. The third-order valence-corrected chi connectivity index (χ3v) is 2.76. The molecule has 0 spiro atoms. The molecule has 1 aliphatic rings. The Morgan fingerprint density at radius 1 is 1.39 bits per heavy atom. The number of hydrogen-bond donors (Lipinski definition) is 0. The lowest BCUT2D eigenvalue weighted by molar-refractivity contribution is -0.141. The van der Waals surface area contributed by atoms with Crippen molar-refractivity contribution < 1.29 is 19.0 Å². The van der Waals surface area contributed by atoms with Crippen molar-refractivity contribution in [2.45, 2.75) is 32.7 Å². The highest BCUT2D eigenvalue weighted by atomic mass is 16.7. The first-order valence-corrected chi connectivity index (χ1v) is 6.02. The standard InChI is InChI=1S/C14H18O4/c1-10(15)11-4-6-12(7-5-11)16-8-13-9-17-14(2,3)18-13/h4-7,13H,8-9H2,1-3H3/t13-/m1/s1. The molecule has 1 aromatic carbocycles. The van der Waals surface area contributed by atoms with Gasteiger partial charge >= 0.3 is 0 Å². The molecule has 0 aromatic heterocycles. The van der Waals surface area contributed by atoms with Crippen molar-refractivity contribution in [1.29, 1.82) is 0 Å². The van der Waals surface area contributed by atoms with Gasteiger partial charge in [0.15, 0.2) is 11.6 Å². The summed E-state index contributed by atoms with van der Waals surface area (Å²) in [6, 6.07) is 7.09. The van der Waals surface area contributed by atoms with Gasteiger partial charge < -0.3 is 14.2 Å². The number of hydrogen-bond acceptors (Lipinski definition) is 4. The lowest BCUT2D eigenvalue weighted by Gasteiger charge is -2.17. The molecule has 0 unspecified atom stereocenters. The van der Waals surface area contributed by atoms with Crippen LogP contribution in [-0.2, 0) is 9.47 Å². The summed E-state index contributed by atoms with van der Waals surface area (Å²) in [7, 11) is 0. The van der Waals surface area contributed by atoms with Crippen molar-refractivity contribution in [2.75, 3.05) is 13.2 Å². The van der Waals surface area contributed by atoms with Gasteiger partial charge in [-0.3, -0.25) is 4.79 Å². The number of ketones is 1. The van der Waals surface area contributed by atoms with Crippen LogP contribution in [0, 0.1) is 0 Å². The fourth-order valence-corrected chi connectivity index (χ4v) is 1.82. The summed E-state index contributed by atoms with van der Waals surface area (Å²) in [5.41, 5.74) is 0.684. The van der Waals surface area contributed by atoms with Crippen molar-refractivity contribution in [3.8, 4) is 5.75 Å². The quantitative estimate of drug-likeness (QED) is 0.770. The van der Waals surface area contributed by atoms with Gasteiger partial charge in [-0.25, -0.2) is 0 Å². The maximum atomic E-state index is 11.1. The number of carbonyl (C=O) groups is 1. The SMILES string of the molecule is CC(=O)c1ccc(OC[C@@H]2COC(C)(C)O2)cc1. The highest BCUT2D eigenvalue weighted by Gasteiger charge is 2.32. The predicted molar refractivity (Wildman–Crippen MR) is 66.8 cm³/mol. The van der Waals surface area contributed by atoms with E-state index in [1.807, 2.05) is 13.8 Å². The molecular formula is C14H18O4. The van der Waals surface area contributed by atoms with E-state index < -0.39 is 5.79 Å². The van der Waals surface area contributed by atoms with Crippen molar-refractivity contribution in [2.24, 2.45) is 0 Å². The molecule has 0 radical (unpaired) electrons. The summed E-state index contributed by atoms with van der Waals surface area (Å²) >= 11 is 0. The molecule has 1 heterocycles. The van der Waals surface area contributed by atoms with Gasteiger partial charge in [0.05, 0.1) is 6.61 Å². The summed E-state index contributed by atoms with van der Waals surface area (Å²) < 4.78 is 16.7. The maximum absolute atomic E-state index is 11.1. The first kappa shape index (κ1) is 13.1. The van der Waals surface area contributed by atoms with Gasteiger partial charge in [-0.05, 0) is 45.0 Å². The first-order valence-electron chi connectivity index (χ1n) is 6.02. The molecule has 18 heavy (non-hydrogen) atoms. The minimum Gasteiger partial charge on any atom is -0.491 e. The van der Waals surface area contributed by atoms with E-state index >= 15 is 0 Å². The fourth-order valence-electron chi connectivity index (χ4n) is 1.82. The van der Waals surface area contributed by atoms with Crippen LogP contribution in [0.4, 0.5) is 0 Å². The Morgan fingerprint density at radius 2 is 2.06 bits per heavy atom. The first-order chi connectivity index (χ1) is 8.46. The van der Waals surface area contributed by atoms with E-state index in [4.69, 9.17) is 14.2 Å². The number of Topliss-reactive ketones (excluding diaryl/α,β-unsaturated/α-hetero) is 1. The zero-order valence-electron chi connectivity index (χ0n) is 10.9. The molecule has 1 atom stereocenters. The molecule has 0 N–H and O–H groups in total. The molecule has 98 valence electrons. The van der Waals surface area contributed by atoms with Crippen molar-refractivity contribution >= 4 is 5.78 Å². The minimum absolute atomic E-state index is 0.0486. The zero-order valence-corrected chi connectivity index (χ0v) is 10.9. The van der Waals surface area contributed by atoms with Gasteiger partial charge in [-0.1, -0.05) is 0 Å². The van der Waals surface area contributed by atoms with Crippen LogP contribution in [0.1, 0.15) is 31.1 Å². The van der Waals surface area contributed by atoms with E-state index in [1.54, 1.807) is 31.2 Å². The Kier molecular flexibility index (Phi) is 3.68. The van der Waals surface area contributed by atoms with E-state index in [2.05, 4.69) is 0 Å². The fraction of sp³-hybridized carbons (Fsp3) is 0.500. The second-order valence-corrected chi connectivity index (χ2v) is 4.84. The second-order valence-electron chi connectivity index (χ2n) is 4.84. The van der Waals surface area contributed by atoms with Crippen LogP contribution in [-0.4, -0.2) is 30.9 Å². The molecule has 1 aliphatic heterocycles. The lowest BCUT2D eigenvalue weighted by atomic mass is 10.1. The van der Waals surface area contributed by atoms with E-state index in [-0.39, 0.29) is 11.9 Å². The molecule has 0 bridgehead atoms. The smallest absolute Gasteiger partial charge is 0.163 e. The van der Waals surface area contributed by atoms with Gasteiger partial charge in [-0.2, -0.15) is 0 Å². The maximum Gasteiger partial charge on any atom is 0.163 e. The van der Waals surface area contributed by atoms with E-state index in [0.29, 0.717) is 18.8 Å². The number of benzene rings is 1. The third-order valence-electron chi connectivity index (χ3n) is 2.76. The third kappa shape index (κ3) is 3.31. The van der Waals surface area contributed by atoms with Gasteiger partial charge in [0.2, 0.25) is 0 Å². The lowest BCUT2D eigenvalue weighted by Crippen LogP contribution is -2.25. The highest BCUT2D eigenvalue weighted by Crippen LogP contribution is 2.23. The van der Waals surface area contributed by atoms with E-state index in [9.17, 15) is 4.79 Å². The number of rotatable bonds is 4. The molecule has 0 aliphatic carbocycles. The van der Waals surface area contributed by atoms with Crippen LogP contribution in [0.3, 0.4) is 0 Å². The summed E-state index contributed by atoms with van der Waals surface area (Å²) in [6.45, 7) is 6.30. The summed E-state index contributed by atoms with van der Waals surface area (Å²) in [5.74, 6) is 0.260. The van der Waals surface area contributed by atoms with Crippen molar-refractivity contribution in [3.63, 3.8) is 0 Å². The van der Waals surface area contributed by atoms with Gasteiger partial charge in [-0.15, -0.1) is 0 Å². The van der Waals surface area contributed by atoms with Crippen LogP contribution in [0.25, 0.3) is 0 Å². The predicted octanol–water partition coefficient (Wildman–Crippen LogP) is 2.42. The molecule has 1 saturated heterocycles. The van der Waals surface area contributed by atoms with Crippen molar-refractivity contribution in [3.05, 3.63) is 29.8 Å². The Hall–Kier alpha value is -1.39. The van der Waals surface area contributed by atoms with Crippen LogP contribution in [0.5, 0.6) is 5.75 Å². The Labute approximate surface area is 107 Å². The molecule has 4 heteroatoms. The highest BCUT2D eigenvalue weighted by molar-refractivity contribution is 5.94. The zero-order chi connectivity index (χ0) is 13.2. The normalized spacial score (nSPS) is 21.8. The van der Waals surface area contributed by atoms with Crippen molar-refractivity contribution in [1.82, 2.24) is 0 Å². The van der Waals surface area contributed by atoms with E-state index in [0.717, 1.165) is 5.75 Å². The van der Waals surface area contributed by atoms with Crippen LogP contribution in [0.2, 0.25) is 0 Å². The number of carbonyl (C=O) groups excluding carboxylic acids is 1. The molecule has 0 saturated carbocycles. The average molecular weight is 250 g/mol. The molecular weight excluding hydrogens is 232 g/mol. The monoisotopic (exact) mass is 250 g/mol. The Bertz CT molecular complexity index is 422. The molecule has 4 nitrogen and oxygen atoms in total. The largest absolute Gasteiger partial charge is 0.491 e. The minimum atomic E-state index is -0.521. The molecule has 1 fully saturated rings. The molecule has 0 amide bonds. The Morgan fingerprint density at radius 3 is 2.56 bits per heavy atom. The number of ether oxygens (including phenoxy) is 3. The summed E-state index contributed by atoms with van der Waals surface area (Å²) in [5, 5.41) is 0. The second kappa shape index (κ2) is 5.08. The van der Waals surface area contributed by atoms with Crippen LogP contribution < -0.4 is 4.74 Å². The topological polar surface area (TPSA) is 44.8 Å². The molecule has 2 rings (SSSR count). The van der Waals surface area contributed by atoms with Gasteiger partial charge in [0.1, 0.15) is 18.5 Å². The van der Waals surface area contributed by atoms with Gasteiger partial charge in [0.25, 0.3) is 0 Å². The van der Waals surface area contributed by atoms with Gasteiger partial charge in [0, 0.05) is 5.56 Å². The Balaban J connectivity index is 1.85. The molecule has 1 aromatic rings. The van der Waals surface area contributed by atoms with Crippen LogP contribution in [0.15, 0.2) is 24.3 Å². The van der Waals surface area contributed by atoms with Crippen LogP contribution >= 0.6 is 0 Å². The summed E-state index contributed by atoms with van der Waals surface area (Å²) in [4.78, 5) is 11.1. The van der Waals surface area contributed by atoms with E-state index in [1.165, 1.54) is 0 Å². The summed E-state index contributed by atoms with van der Waals surface area (Å²) in [6.07, 6.45) is -0.0486.